The number of carbonyl (C=O) groups is 1. The smallest absolute Gasteiger partial charge is 0.253 e. The molecule has 1 fully saturated rings. The molecule has 1 amide bonds. The van der Waals surface area contributed by atoms with Gasteiger partial charge in [-0.05, 0) is 35.7 Å². The van der Waals surface area contributed by atoms with Crippen LogP contribution in [0, 0.1) is 0 Å². The molecule has 3 heterocycles. The van der Waals surface area contributed by atoms with Crippen LogP contribution in [0.15, 0.2) is 60.7 Å². The maximum absolute atomic E-state index is 13.0. The summed E-state index contributed by atoms with van der Waals surface area (Å²) in [6.45, 7) is 5.21. The van der Waals surface area contributed by atoms with E-state index < -0.39 is 0 Å². The molecule has 0 unspecified atom stereocenters. The second-order valence-corrected chi connectivity index (χ2v) is 8.70. The quantitative estimate of drug-likeness (QED) is 0.519. The zero-order valence-corrected chi connectivity index (χ0v) is 17.8. The molecule has 2 aromatic heterocycles. The molecule has 0 spiro atoms. The molecule has 1 aliphatic heterocycles. The summed E-state index contributed by atoms with van der Waals surface area (Å²) in [5.41, 5.74) is 3.04. The number of fused-ring (bicyclic) bond motifs is 1. The van der Waals surface area contributed by atoms with Gasteiger partial charge in [-0.3, -0.25) is 9.89 Å². The van der Waals surface area contributed by atoms with Gasteiger partial charge in [-0.2, -0.15) is 5.10 Å². The first kappa shape index (κ1) is 18.9. The Morgan fingerprint density at radius 2 is 1.70 bits per heavy atom. The molecular weight excluding hydrogens is 392 g/mol. The van der Waals surface area contributed by atoms with E-state index in [1.165, 1.54) is 10.3 Å². The van der Waals surface area contributed by atoms with Crippen LogP contribution in [0.25, 0.3) is 21.3 Å². The topological polar surface area (TPSA) is 52.2 Å². The molecule has 5 nitrogen and oxygen atoms in total. The second-order valence-electron chi connectivity index (χ2n) is 7.58. The fourth-order valence-corrected chi connectivity index (χ4v) is 4.94. The lowest BCUT2D eigenvalue weighted by atomic mass is 10.0. The van der Waals surface area contributed by atoms with Crippen LogP contribution in [-0.2, 0) is 6.42 Å². The van der Waals surface area contributed by atoms with Crippen LogP contribution in [0.5, 0.6) is 0 Å². The molecule has 0 bridgehead atoms. The minimum absolute atomic E-state index is 0.104. The summed E-state index contributed by atoms with van der Waals surface area (Å²) in [4.78, 5) is 19.7. The number of nitrogens with one attached hydrogen (secondary N) is 1. The number of benzene rings is 2. The van der Waals surface area contributed by atoms with E-state index in [1.807, 2.05) is 47.4 Å². The summed E-state index contributed by atoms with van der Waals surface area (Å²) >= 11 is 1.75. The van der Waals surface area contributed by atoms with Crippen molar-refractivity contribution < 1.29 is 4.79 Å². The van der Waals surface area contributed by atoms with Crippen molar-refractivity contribution in [2.75, 3.05) is 31.1 Å². The monoisotopic (exact) mass is 416 g/mol. The number of aromatic nitrogens is 2. The Kier molecular flexibility index (Phi) is 5.01. The summed E-state index contributed by atoms with van der Waals surface area (Å²) < 4.78 is 0. The molecule has 0 atom stereocenters. The number of carbonyl (C=O) groups excluding carboxylic acids is 1. The molecule has 152 valence electrons. The predicted octanol–water partition coefficient (Wildman–Crippen LogP) is 4.82. The molecule has 1 saturated heterocycles. The SMILES string of the molecule is CCc1cc2c(N3CCN(C(=O)c4ccc(-c5ccccc5)cc4)CC3)[nH]nc2s1. The minimum Gasteiger partial charge on any atom is -0.353 e. The largest absolute Gasteiger partial charge is 0.353 e. The Balaban J connectivity index is 1.26. The van der Waals surface area contributed by atoms with E-state index in [4.69, 9.17) is 0 Å². The number of anilines is 1. The number of thiophene rings is 1. The molecule has 0 aliphatic carbocycles. The van der Waals surface area contributed by atoms with E-state index in [9.17, 15) is 4.79 Å². The van der Waals surface area contributed by atoms with Crippen molar-refractivity contribution in [2.45, 2.75) is 13.3 Å². The maximum atomic E-state index is 13.0. The van der Waals surface area contributed by atoms with Crippen LogP contribution in [0.2, 0.25) is 0 Å². The van der Waals surface area contributed by atoms with Gasteiger partial charge < -0.3 is 9.80 Å². The number of nitrogens with zero attached hydrogens (tertiary/aromatic N) is 3. The van der Waals surface area contributed by atoms with Crippen molar-refractivity contribution in [1.82, 2.24) is 15.1 Å². The average molecular weight is 417 g/mol. The number of rotatable bonds is 4. The molecule has 30 heavy (non-hydrogen) atoms. The number of H-pyrrole nitrogens is 1. The van der Waals surface area contributed by atoms with Crippen LogP contribution in [0.1, 0.15) is 22.2 Å². The molecule has 2 aromatic carbocycles. The highest BCUT2D eigenvalue weighted by molar-refractivity contribution is 7.18. The van der Waals surface area contributed by atoms with Gasteiger partial charge in [-0.1, -0.05) is 49.4 Å². The molecular formula is C24H24N4OS. The van der Waals surface area contributed by atoms with Gasteiger partial charge in [0.15, 0.2) is 0 Å². The second kappa shape index (κ2) is 7.95. The van der Waals surface area contributed by atoms with Gasteiger partial charge in [-0.25, -0.2) is 0 Å². The maximum Gasteiger partial charge on any atom is 0.253 e. The lowest BCUT2D eigenvalue weighted by Crippen LogP contribution is -2.49. The third-order valence-corrected chi connectivity index (χ3v) is 6.93. The highest BCUT2D eigenvalue weighted by atomic mass is 32.1. The van der Waals surface area contributed by atoms with Crippen molar-refractivity contribution in [3.05, 3.63) is 71.1 Å². The number of hydrogen-bond donors (Lipinski definition) is 1. The van der Waals surface area contributed by atoms with Gasteiger partial charge in [-0.15, -0.1) is 11.3 Å². The molecule has 1 aliphatic rings. The molecule has 6 heteroatoms. The Bertz CT molecular complexity index is 1160. The van der Waals surface area contributed by atoms with Gasteiger partial charge in [0, 0.05) is 36.6 Å². The summed E-state index contributed by atoms with van der Waals surface area (Å²) in [5.74, 6) is 1.19. The number of amides is 1. The highest BCUT2D eigenvalue weighted by Gasteiger charge is 2.24. The molecule has 4 aromatic rings. The average Bonchev–Trinajstić information content (AvgIpc) is 3.40. The van der Waals surface area contributed by atoms with Crippen LogP contribution >= 0.6 is 11.3 Å². The fraction of sp³-hybridized carbons (Fsp3) is 0.250. The van der Waals surface area contributed by atoms with E-state index in [-0.39, 0.29) is 5.91 Å². The zero-order chi connectivity index (χ0) is 20.5. The standard InChI is InChI=1S/C24H24N4OS/c1-2-20-16-21-22(25-26-23(21)30-20)27-12-14-28(15-13-27)24(29)19-10-8-18(9-11-19)17-6-4-3-5-7-17/h3-11,16H,2,12-15H2,1H3,(H,25,26). The lowest BCUT2D eigenvalue weighted by molar-refractivity contribution is 0.0746. The van der Waals surface area contributed by atoms with Gasteiger partial charge in [0.05, 0.1) is 5.39 Å². The molecule has 0 saturated carbocycles. The molecule has 1 N–H and O–H groups in total. The fourth-order valence-electron chi connectivity index (χ4n) is 4.01. The highest BCUT2D eigenvalue weighted by Crippen LogP contribution is 2.32. The first-order valence-corrected chi connectivity index (χ1v) is 11.2. The van der Waals surface area contributed by atoms with Crippen LogP contribution in [0.4, 0.5) is 5.82 Å². The third kappa shape index (κ3) is 3.48. The normalized spacial score (nSPS) is 14.4. The van der Waals surface area contributed by atoms with Gasteiger partial charge in [0.2, 0.25) is 0 Å². The predicted molar refractivity (Wildman–Crippen MR) is 123 cm³/mol. The summed E-state index contributed by atoms with van der Waals surface area (Å²) in [6, 6.07) is 20.4. The Labute approximate surface area is 179 Å². The number of piperazine rings is 1. The molecule has 5 rings (SSSR count). The minimum atomic E-state index is 0.104. The van der Waals surface area contributed by atoms with E-state index in [0.717, 1.165) is 46.8 Å². The van der Waals surface area contributed by atoms with E-state index in [2.05, 4.69) is 40.2 Å². The zero-order valence-electron chi connectivity index (χ0n) is 17.0. The van der Waals surface area contributed by atoms with Crippen LogP contribution in [-0.4, -0.2) is 47.2 Å². The van der Waals surface area contributed by atoms with Crippen LogP contribution < -0.4 is 4.90 Å². The van der Waals surface area contributed by atoms with Gasteiger partial charge in [0.1, 0.15) is 10.6 Å². The summed E-state index contributed by atoms with van der Waals surface area (Å²) in [7, 11) is 0. The van der Waals surface area contributed by atoms with Crippen molar-refractivity contribution in [3.8, 4) is 11.1 Å². The Hall–Kier alpha value is -3.12. The van der Waals surface area contributed by atoms with Crippen molar-refractivity contribution in [2.24, 2.45) is 0 Å². The van der Waals surface area contributed by atoms with Gasteiger partial charge in [0.25, 0.3) is 5.91 Å². The van der Waals surface area contributed by atoms with Gasteiger partial charge >= 0.3 is 0 Å². The Morgan fingerprint density at radius 3 is 2.40 bits per heavy atom. The van der Waals surface area contributed by atoms with Crippen molar-refractivity contribution in [3.63, 3.8) is 0 Å². The third-order valence-electron chi connectivity index (χ3n) is 5.75. The van der Waals surface area contributed by atoms with E-state index in [0.29, 0.717) is 13.1 Å². The van der Waals surface area contributed by atoms with Crippen molar-refractivity contribution >= 4 is 33.3 Å². The number of aryl methyl sites for hydroxylation is 1. The van der Waals surface area contributed by atoms with Crippen LogP contribution in [0.3, 0.4) is 0 Å². The first-order valence-electron chi connectivity index (χ1n) is 10.4. The number of aromatic amines is 1. The van der Waals surface area contributed by atoms with Crippen molar-refractivity contribution in [1.29, 1.82) is 0 Å². The van der Waals surface area contributed by atoms with E-state index in [1.54, 1.807) is 11.3 Å². The first-order chi connectivity index (χ1) is 14.7. The summed E-state index contributed by atoms with van der Waals surface area (Å²) in [5, 5.41) is 8.87. The Morgan fingerprint density at radius 1 is 1.00 bits per heavy atom. The lowest BCUT2D eigenvalue weighted by Gasteiger charge is -2.35. The molecule has 0 radical (unpaired) electrons. The number of hydrogen-bond acceptors (Lipinski definition) is 4. The van der Waals surface area contributed by atoms with E-state index >= 15 is 0 Å². The summed E-state index contributed by atoms with van der Waals surface area (Å²) in [6.07, 6.45) is 1.03.